The molecule has 0 amide bonds. The molecule has 0 aliphatic heterocycles. The van der Waals surface area contributed by atoms with Crippen molar-refractivity contribution in [1.29, 1.82) is 0 Å². The van der Waals surface area contributed by atoms with E-state index in [0.29, 0.717) is 0 Å². The van der Waals surface area contributed by atoms with Crippen molar-refractivity contribution in [3.05, 3.63) is 60.7 Å². The highest BCUT2D eigenvalue weighted by molar-refractivity contribution is 5.95. The maximum Gasteiger partial charge on any atom is -0.0106 e. The van der Waals surface area contributed by atoms with E-state index in [9.17, 15) is 0 Å². The molecule has 0 N–H and O–H groups in total. The Kier molecular flexibility index (Phi) is 2.91. The second-order valence-corrected chi connectivity index (χ2v) is 3.91. The van der Waals surface area contributed by atoms with Gasteiger partial charge in [-0.2, -0.15) is 0 Å². The summed E-state index contributed by atoms with van der Waals surface area (Å²) in [6, 6.07) is 12.7. The van der Waals surface area contributed by atoms with E-state index in [4.69, 9.17) is 0 Å². The van der Waals surface area contributed by atoms with Crippen LogP contribution in [-0.4, -0.2) is 0 Å². The molecular formula is C16H16. The van der Waals surface area contributed by atoms with Crippen LogP contribution in [0.1, 0.15) is 24.5 Å². The molecule has 80 valence electrons. The molecule has 0 heterocycles. The molecule has 0 radical (unpaired) electrons. The lowest BCUT2D eigenvalue weighted by Crippen LogP contribution is -1.88. The van der Waals surface area contributed by atoms with Gasteiger partial charge in [0.15, 0.2) is 0 Å². The number of hydrogen-bond donors (Lipinski definition) is 0. The molecule has 0 aliphatic rings. The van der Waals surface area contributed by atoms with E-state index in [1.54, 1.807) is 0 Å². The molecule has 0 spiro atoms. The van der Waals surface area contributed by atoms with Crippen molar-refractivity contribution in [2.75, 3.05) is 0 Å². The third kappa shape index (κ3) is 1.67. The van der Waals surface area contributed by atoms with E-state index in [-0.39, 0.29) is 0 Å². The zero-order valence-electron chi connectivity index (χ0n) is 9.66. The number of fused-ring (bicyclic) bond motifs is 1. The summed E-state index contributed by atoms with van der Waals surface area (Å²) in [5.41, 5.74) is 3.59. The van der Waals surface area contributed by atoms with Crippen molar-refractivity contribution < 1.29 is 0 Å². The van der Waals surface area contributed by atoms with Crippen LogP contribution in [0.2, 0.25) is 0 Å². The van der Waals surface area contributed by atoms with Crippen molar-refractivity contribution in [2.24, 2.45) is 0 Å². The molecule has 0 aliphatic carbocycles. The van der Waals surface area contributed by atoms with Crippen LogP contribution in [-0.2, 0) is 0 Å². The van der Waals surface area contributed by atoms with Crippen molar-refractivity contribution in [2.45, 2.75) is 13.3 Å². The Morgan fingerprint density at radius 3 is 2.62 bits per heavy atom. The summed E-state index contributed by atoms with van der Waals surface area (Å²) in [4.78, 5) is 0. The first-order chi connectivity index (χ1) is 7.77. The van der Waals surface area contributed by atoms with Gasteiger partial charge in [0.05, 0.1) is 0 Å². The van der Waals surface area contributed by atoms with E-state index in [1.165, 1.54) is 27.5 Å². The molecule has 2 rings (SSSR count). The van der Waals surface area contributed by atoms with Crippen molar-refractivity contribution in [3.8, 4) is 0 Å². The lowest BCUT2D eigenvalue weighted by Gasteiger charge is -2.11. The highest BCUT2D eigenvalue weighted by atomic mass is 14.1. The molecule has 0 fully saturated rings. The van der Waals surface area contributed by atoms with Crippen molar-refractivity contribution >= 4 is 22.4 Å². The quantitative estimate of drug-likeness (QED) is 0.672. The third-order valence-corrected chi connectivity index (χ3v) is 2.98. The molecule has 0 saturated heterocycles. The molecule has 0 aromatic heterocycles. The van der Waals surface area contributed by atoms with Crippen LogP contribution in [0.25, 0.3) is 22.4 Å². The minimum Gasteiger partial charge on any atom is -0.0984 e. The average molecular weight is 208 g/mol. The Balaban J connectivity index is 2.77. The molecular weight excluding hydrogens is 192 g/mol. The van der Waals surface area contributed by atoms with E-state index >= 15 is 0 Å². The third-order valence-electron chi connectivity index (χ3n) is 2.98. The molecule has 0 bridgehead atoms. The lowest BCUT2D eigenvalue weighted by molar-refractivity contribution is 1.24. The second kappa shape index (κ2) is 4.36. The van der Waals surface area contributed by atoms with Crippen LogP contribution >= 0.6 is 0 Å². The van der Waals surface area contributed by atoms with Crippen LogP contribution < -0.4 is 0 Å². The van der Waals surface area contributed by atoms with Crippen molar-refractivity contribution in [1.82, 2.24) is 0 Å². The maximum atomic E-state index is 4.11. The van der Waals surface area contributed by atoms with Gasteiger partial charge < -0.3 is 0 Å². The van der Waals surface area contributed by atoms with Crippen LogP contribution in [0.5, 0.6) is 0 Å². The first-order valence-electron chi connectivity index (χ1n) is 5.60. The minimum atomic E-state index is 0.971. The number of hydrogen-bond acceptors (Lipinski definition) is 0. The summed E-state index contributed by atoms with van der Waals surface area (Å²) in [5.74, 6) is 0. The molecule has 0 atom stereocenters. The summed E-state index contributed by atoms with van der Waals surface area (Å²) in [6.45, 7) is 10.2. The first kappa shape index (κ1) is 10.7. The predicted molar refractivity (Wildman–Crippen MR) is 73.4 cm³/mol. The summed E-state index contributed by atoms with van der Waals surface area (Å²) < 4.78 is 0. The largest absolute Gasteiger partial charge is 0.0984 e. The topological polar surface area (TPSA) is 0 Å². The molecule has 0 saturated carbocycles. The summed E-state index contributed by atoms with van der Waals surface area (Å²) >= 11 is 0. The zero-order valence-corrected chi connectivity index (χ0v) is 9.66. The van der Waals surface area contributed by atoms with Gasteiger partial charge in [0.1, 0.15) is 0 Å². The van der Waals surface area contributed by atoms with Gasteiger partial charge in [0, 0.05) is 0 Å². The minimum absolute atomic E-state index is 0.971. The number of rotatable bonds is 3. The number of benzene rings is 2. The standard InChI is InChI=1S/C16H16/c1-4-12(3)15-11-10-13-8-6-7-9-16(13)14(15)5-2/h5-11H,2-4H2,1H3. The zero-order chi connectivity index (χ0) is 11.5. The lowest BCUT2D eigenvalue weighted by atomic mass is 9.94. The van der Waals surface area contributed by atoms with Gasteiger partial charge in [-0.25, -0.2) is 0 Å². The first-order valence-corrected chi connectivity index (χ1v) is 5.60. The molecule has 2 aromatic rings. The number of allylic oxidation sites excluding steroid dienone is 1. The molecule has 0 unspecified atom stereocenters. The van der Waals surface area contributed by atoms with Gasteiger partial charge in [-0.15, -0.1) is 0 Å². The van der Waals surface area contributed by atoms with E-state index in [1.807, 2.05) is 6.08 Å². The second-order valence-electron chi connectivity index (χ2n) is 3.91. The Morgan fingerprint density at radius 2 is 1.94 bits per heavy atom. The fourth-order valence-corrected chi connectivity index (χ4v) is 2.01. The highest BCUT2D eigenvalue weighted by Gasteiger charge is 2.05. The Hall–Kier alpha value is -1.82. The fourth-order valence-electron chi connectivity index (χ4n) is 2.01. The average Bonchev–Trinajstić information content (AvgIpc) is 2.36. The molecule has 16 heavy (non-hydrogen) atoms. The monoisotopic (exact) mass is 208 g/mol. The fraction of sp³-hybridized carbons (Fsp3) is 0.125. The Morgan fingerprint density at radius 1 is 1.19 bits per heavy atom. The van der Waals surface area contributed by atoms with Crippen LogP contribution in [0.3, 0.4) is 0 Å². The van der Waals surface area contributed by atoms with Gasteiger partial charge in [-0.1, -0.05) is 62.6 Å². The van der Waals surface area contributed by atoms with Crippen LogP contribution in [0.4, 0.5) is 0 Å². The Bertz CT molecular complexity index is 547. The molecule has 0 nitrogen and oxygen atoms in total. The van der Waals surface area contributed by atoms with Gasteiger partial charge in [-0.05, 0) is 33.9 Å². The maximum absolute atomic E-state index is 4.11. The Labute approximate surface area is 96.9 Å². The predicted octanol–water partition coefficient (Wildman–Crippen LogP) is 4.91. The van der Waals surface area contributed by atoms with E-state index in [2.05, 4.69) is 56.5 Å². The van der Waals surface area contributed by atoms with Gasteiger partial charge in [0.25, 0.3) is 0 Å². The van der Waals surface area contributed by atoms with E-state index < -0.39 is 0 Å². The molecule has 0 heteroatoms. The smallest absolute Gasteiger partial charge is 0.0106 e. The summed E-state index contributed by atoms with van der Waals surface area (Å²) in [6.07, 6.45) is 2.90. The van der Waals surface area contributed by atoms with Gasteiger partial charge in [-0.3, -0.25) is 0 Å². The van der Waals surface area contributed by atoms with Gasteiger partial charge in [0.2, 0.25) is 0 Å². The van der Waals surface area contributed by atoms with Crippen LogP contribution in [0, 0.1) is 0 Å². The SMILES string of the molecule is C=Cc1c(C(=C)CC)ccc2ccccc12. The normalized spacial score (nSPS) is 10.3. The van der Waals surface area contributed by atoms with Crippen molar-refractivity contribution in [3.63, 3.8) is 0 Å². The molecule has 2 aromatic carbocycles. The summed E-state index contributed by atoms with van der Waals surface area (Å²) in [7, 11) is 0. The summed E-state index contributed by atoms with van der Waals surface area (Å²) in [5, 5.41) is 2.51. The van der Waals surface area contributed by atoms with E-state index in [0.717, 1.165) is 6.42 Å². The highest BCUT2D eigenvalue weighted by Crippen LogP contribution is 2.28. The van der Waals surface area contributed by atoms with Gasteiger partial charge >= 0.3 is 0 Å². The van der Waals surface area contributed by atoms with Crippen LogP contribution in [0.15, 0.2) is 49.6 Å².